The second kappa shape index (κ2) is 8.47. The molecule has 0 amide bonds. The largest absolute Gasteiger partial charge is 0.496 e. The number of benzene rings is 3. The molecule has 30 heavy (non-hydrogen) atoms. The molecule has 0 aliphatic heterocycles. The quantitative estimate of drug-likeness (QED) is 0.381. The van der Waals surface area contributed by atoms with Crippen LogP contribution in [0.15, 0.2) is 66.7 Å². The van der Waals surface area contributed by atoms with Gasteiger partial charge >= 0.3 is 5.97 Å². The van der Waals surface area contributed by atoms with Crippen molar-refractivity contribution in [2.24, 2.45) is 0 Å². The zero-order valence-electron chi connectivity index (χ0n) is 16.5. The van der Waals surface area contributed by atoms with Crippen LogP contribution in [0.4, 0.5) is 0 Å². The van der Waals surface area contributed by atoms with Crippen molar-refractivity contribution >= 4 is 27.4 Å². The van der Waals surface area contributed by atoms with Gasteiger partial charge in [0.05, 0.1) is 7.11 Å². The molecule has 0 atom stereocenters. The summed E-state index contributed by atoms with van der Waals surface area (Å²) in [5.41, 5.74) is 2.02. The Morgan fingerprint density at radius 3 is 2.37 bits per heavy atom. The molecule has 6 heteroatoms. The first-order chi connectivity index (χ1) is 14.5. The van der Waals surface area contributed by atoms with Crippen molar-refractivity contribution in [1.29, 1.82) is 0 Å². The summed E-state index contributed by atoms with van der Waals surface area (Å²) in [7, 11) is 1.59. The van der Waals surface area contributed by atoms with Gasteiger partial charge in [0, 0.05) is 10.1 Å². The Kier molecular flexibility index (Phi) is 5.59. The van der Waals surface area contributed by atoms with Gasteiger partial charge in [0.15, 0.2) is 10.6 Å². The van der Waals surface area contributed by atoms with E-state index in [1.54, 1.807) is 31.4 Å². The highest BCUT2D eigenvalue weighted by Crippen LogP contribution is 2.43. The van der Waals surface area contributed by atoms with Gasteiger partial charge < -0.3 is 19.3 Å². The van der Waals surface area contributed by atoms with Gasteiger partial charge in [0.1, 0.15) is 23.9 Å². The molecule has 0 aliphatic carbocycles. The highest BCUT2D eigenvalue weighted by Gasteiger charge is 2.21. The van der Waals surface area contributed by atoms with Crippen LogP contribution in [0.3, 0.4) is 0 Å². The minimum Gasteiger partial charge on any atom is -0.496 e. The van der Waals surface area contributed by atoms with Crippen molar-refractivity contribution in [2.45, 2.75) is 13.5 Å². The third-order valence-electron chi connectivity index (χ3n) is 4.65. The number of carboxylic acid groups (broad SMARTS) is 1. The number of hydrogen-bond donors (Lipinski definition) is 1. The first-order valence-corrected chi connectivity index (χ1v) is 10.2. The molecule has 0 spiro atoms. The van der Waals surface area contributed by atoms with Crippen LogP contribution in [0.1, 0.15) is 20.8 Å². The standard InChI is InChI=1S/C24H20O5S/c1-15-12-21-19(13-20(15)27-2)22(23(30-21)24(25)26)29-18-10-8-17(9-11-18)28-14-16-6-4-3-5-7-16/h3-13H,14H2,1-2H3,(H,25,26). The molecule has 1 N–H and O–H groups in total. The summed E-state index contributed by atoms with van der Waals surface area (Å²) >= 11 is 1.19. The van der Waals surface area contributed by atoms with Gasteiger partial charge in [0.2, 0.25) is 0 Å². The molecule has 0 fully saturated rings. The minimum absolute atomic E-state index is 0.155. The second-order valence-corrected chi connectivity index (χ2v) is 7.78. The van der Waals surface area contributed by atoms with E-state index in [1.807, 2.05) is 49.4 Å². The van der Waals surface area contributed by atoms with Crippen molar-refractivity contribution in [1.82, 2.24) is 0 Å². The van der Waals surface area contributed by atoms with Gasteiger partial charge in [-0.1, -0.05) is 30.3 Å². The number of methoxy groups -OCH3 is 1. The molecule has 0 radical (unpaired) electrons. The monoisotopic (exact) mass is 420 g/mol. The first-order valence-electron chi connectivity index (χ1n) is 9.34. The van der Waals surface area contributed by atoms with Crippen LogP contribution < -0.4 is 14.2 Å². The summed E-state index contributed by atoms with van der Waals surface area (Å²) in [5.74, 6) is 1.22. The summed E-state index contributed by atoms with van der Waals surface area (Å²) in [6, 6.07) is 20.8. The van der Waals surface area contributed by atoms with Gasteiger partial charge in [-0.15, -0.1) is 11.3 Å². The van der Waals surface area contributed by atoms with E-state index in [9.17, 15) is 9.90 Å². The minimum atomic E-state index is -1.02. The van der Waals surface area contributed by atoms with Crippen LogP contribution in [0, 0.1) is 6.92 Å². The van der Waals surface area contributed by atoms with E-state index in [4.69, 9.17) is 14.2 Å². The Balaban J connectivity index is 1.58. The van der Waals surface area contributed by atoms with E-state index >= 15 is 0 Å². The zero-order valence-corrected chi connectivity index (χ0v) is 17.4. The fourth-order valence-electron chi connectivity index (χ4n) is 3.13. The number of carboxylic acids is 1. The zero-order chi connectivity index (χ0) is 21.1. The van der Waals surface area contributed by atoms with Crippen molar-refractivity contribution in [3.63, 3.8) is 0 Å². The number of aryl methyl sites for hydroxylation is 1. The van der Waals surface area contributed by atoms with Crippen LogP contribution in [0.25, 0.3) is 10.1 Å². The molecule has 0 saturated carbocycles. The van der Waals surface area contributed by atoms with Crippen LogP contribution in [-0.2, 0) is 6.61 Å². The van der Waals surface area contributed by atoms with Crippen LogP contribution in [-0.4, -0.2) is 18.2 Å². The van der Waals surface area contributed by atoms with Crippen molar-refractivity contribution in [2.75, 3.05) is 7.11 Å². The first kappa shape index (κ1) is 19.8. The summed E-state index contributed by atoms with van der Waals surface area (Å²) in [4.78, 5) is 11.9. The SMILES string of the molecule is COc1cc2c(Oc3ccc(OCc4ccccc4)cc3)c(C(=O)O)sc2cc1C. The predicted molar refractivity (Wildman–Crippen MR) is 117 cm³/mol. The summed E-state index contributed by atoms with van der Waals surface area (Å²) in [5, 5.41) is 10.4. The normalized spacial score (nSPS) is 10.7. The molecule has 0 saturated heterocycles. The maximum Gasteiger partial charge on any atom is 0.349 e. The second-order valence-electron chi connectivity index (χ2n) is 6.73. The van der Waals surface area contributed by atoms with Gasteiger partial charge in [0.25, 0.3) is 0 Å². The van der Waals surface area contributed by atoms with Crippen molar-refractivity contribution < 1.29 is 24.1 Å². The molecule has 152 valence electrons. The smallest absolute Gasteiger partial charge is 0.349 e. The average molecular weight is 420 g/mol. The molecule has 0 aliphatic rings. The lowest BCUT2D eigenvalue weighted by Crippen LogP contribution is -1.97. The van der Waals surface area contributed by atoms with E-state index < -0.39 is 5.97 Å². The molecule has 0 unspecified atom stereocenters. The Bertz CT molecular complexity index is 1180. The van der Waals surface area contributed by atoms with Gasteiger partial charge in [-0.2, -0.15) is 0 Å². The van der Waals surface area contributed by atoms with Gasteiger partial charge in [-0.05, 0) is 54.4 Å². The number of carbonyl (C=O) groups is 1. The molecule has 5 nitrogen and oxygen atoms in total. The molecule has 0 bridgehead atoms. The number of rotatable bonds is 7. The van der Waals surface area contributed by atoms with Gasteiger partial charge in [-0.3, -0.25) is 0 Å². The molecular formula is C24H20O5S. The maximum absolute atomic E-state index is 11.8. The van der Waals surface area contributed by atoms with Crippen LogP contribution in [0.5, 0.6) is 23.0 Å². The lowest BCUT2D eigenvalue weighted by atomic mass is 10.1. The van der Waals surface area contributed by atoms with E-state index in [0.717, 1.165) is 15.8 Å². The van der Waals surface area contributed by atoms with Crippen molar-refractivity contribution in [3.05, 3.63) is 82.7 Å². The number of fused-ring (bicyclic) bond motifs is 1. The average Bonchev–Trinajstić information content (AvgIpc) is 3.10. The Morgan fingerprint density at radius 2 is 1.70 bits per heavy atom. The maximum atomic E-state index is 11.8. The summed E-state index contributed by atoms with van der Waals surface area (Å²) < 4.78 is 18.0. The van der Waals surface area contributed by atoms with Crippen LogP contribution in [0.2, 0.25) is 0 Å². The van der Waals surface area contributed by atoms with E-state index in [1.165, 1.54) is 11.3 Å². The Morgan fingerprint density at radius 1 is 1.00 bits per heavy atom. The van der Waals surface area contributed by atoms with Crippen LogP contribution >= 0.6 is 11.3 Å². The fourth-order valence-corrected chi connectivity index (χ4v) is 4.18. The van der Waals surface area contributed by atoms with Crippen molar-refractivity contribution in [3.8, 4) is 23.0 Å². The highest BCUT2D eigenvalue weighted by molar-refractivity contribution is 7.21. The Hall–Kier alpha value is -3.51. The predicted octanol–water partition coefficient (Wildman–Crippen LogP) is 6.29. The number of ether oxygens (including phenoxy) is 3. The molecule has 4 aromatic rings. The highest BCUT2D eigenvalue weighted by atomic mass is 32.1. The van der Waals surface area contributed by atoms with E-state index in [0.29, 0.717) is 35.0 Å². The summed E-state index contributed by atoms with van der Waals surface area (Å²) in [6.07, 6.45) is 0. The lowest BCUT2D eigenvalue weighted by Gasteiger charge is -2.10. The third-order valence-corrected chi connectivity index (χ3v) is 5.77. The molecular weight excluding hydrogens is 400 g/mol. The fraction of sp³-hybridized carbons (Fsp3) is 0.125. The third kappa shape index (κ3) is 4.09. The molecule has 1 aromatic heterocycles. The number of hydrogen-bond acceptors (Lipinski definition) is 5. The van der Waals surface area contributed by atoms with E-state index in [2.05, 4.69) is 0 Å². The lowest BCUT2D eigenvalue weighted by molar-refractivity contribution is 0.0700. The van der Waals surface area contributed by atoms with E-state index in [-0.39, 0.29) is 4.88 Å². The molecule has 1 heterocycles. The topological polar surface area (TPSA) is 65.0 Å². The summed E-state index contributed by atoms with van der Waals surface area (Å²) in [6.45, 7) is 2.39. The number of thiophene rings is 1. The molecule has 3 aromatic carbocycles. The molecule has 4 rings (SSSR count). The Labute approximate surface area is 178 Å². The van der Waals surface area contributed by atoms with Gasteiger partial charge in [-0.25, -0.2) is 4.79 Å². The number of aromatic carboxylic acids is 1.